The Balaban J connectivity index is 0.000000318. The number of ether oxygens (including phenoxy) is 2. The molecule has 5 heterocycles. The van der Waals surface area contributed by atoms with Crippen molar-refractivity contribution in [1.82, 2.24) is 39.5 Å². The molecule has 0 fully saturated rings. The number of aromatic amines is 1. The number of pyridine rings is 2. The van der Waals surface area contributed by atoms with Gasteiger partial charge in [0, 0.05) is 50.0 Å². The van der Waals surface area contributed by atoms with Gasteiger partial charge < -0.3 is 19.6 Å². The molecule has 13 nitrogen and oxygen atoms in total. The number of nitrogens with one attached hydrogen (secondary N) is 1. The van der Waals surface area contributed by atoms with Gasteiger partial charge in [-0.3, -0.25) is 19.3 Å². The second kappa shape index (κ2) is 78.6. The molecule has 2 N–H and O–H groups in total. The molecule has 8 rings (SSSR count). The number of hydrogen-bond donors (Lipinski definition) is 2. The first-order valence-electron chi connectivity index (χ1n) is 34.5. The van der Waals surface area contributed by atoms with Crippen molar-refractivity contribution in [3.8, 4) is 67.8 Å². The predicted molar refractivity (Wildman–Crippen MR) is 868 cm³/mol. The number of benzene rings is 3. The number of carbonyl (C=O) groups is 1. The van der Waals surface area contributed by atoms with Gasteiger partial charge in [0.1, 0.15) is 17.1 Å². The lowest BCUT2D eigenvalue weighted by Crippen LogP contribution is -2.06. The van der Waals surface area contributed by atoms with Gasteiger partial charge in [0.25, 0.3) is 0 Å². The number of aryl methyl sites for hydroxylation is 2. The fourth-order valence-corrected chi connectivity index (χ4v) is 1080. The van der Waals surface area contributed by atoms with Crippen LogP contribution in [0.3, 0.4) is 0 Å². The molecule has 0 amide bonds. The molecule has 0 saturated heterocycles. The van der Waals surface area contributed by atoms with Gasteiger partial charge in [0.05, 0.1) is 31.8 Å². The van der Waals surface area contributed by atoms with Crippen LogP contribution in [0.5, 0.6) is 11.5 Å². The van der Waals surface area contributed by atoms with Crippen LogP contribution < -0.4 is 9.47 Å². The van der Waals surface area contributed by atoms with E-state index in [1.165, 1.54) is 11.8 Å². The molecule has 46 unspecified atom stereocenters. The largest absolute Gasteiger partial charge is 0.492 e. The number of fused-ring (bicyclic) bond motifs is 1. The van der Waals surface area contributed by atoms with Gasteiger partial charge in [-0.1, -0.05) is 74.7 Å². The highest BCUT2D eigenvalue weighted by molar-refractivity contribution is 9.51. The Kier molecular flexibility index (Phi) is 88.5. The van der Waals surface area contributed by atoms with Crippen molar-refractivity contribution in [3.05, 3.63) is 133 Å². The lowest BCUT2D eigenvalue weighted by atomic mass is 10.0. The number of carboxylic acids is 1. The average Bonchev–Trinajstić information content (AvgIpc) is 1.40. The summed E-state index contributed by atoms with van der Waals surface area (Å²) in [5.41, 5.74) is 10.1. The van der Waals surface area contributed by atoms with Crippen molar-refractivity contribution >= 4 is 655 Å². The Bertz CT molecular complexity index is 4570. The lowest BCUT2D eigenvalue weighted by molar-refractivity contribution is 0.0681. The number of rotatable bonds is 44. The van der Waals surface area contributed by atoms with Crippen LogP contribution >= 0.6 is 633 Å². The number of hydrogen-bond acceptors (Lipinski definition) is 8. The third-order valence-corrected chi connectivity index (χ3v) is 552. The first-order valence-corrected chi connectivity index (χ1v) is 177. The van der Waals surface area contributed by atoms with E-state index < -0.39 is 5.97 Å². The Hall–Kier alpha value is 26.4. The van der Waals surface area contributed by atoms with E-state index in [0.717, 1.165) is 63.8 Å². The summed E-state index contributed by atoms with van der Waals surface area (Å²) in [5.74, 6) is 0.465. The molecule has 0 spiro atoms. The topological polar surface area (TPSA) is 150 Å². The summed E-state index contributed by atoms with van der Waals surface area (Å²) in [6, 6.07) is 29.0. The molecule has 0 saturated carbocycles. The second-order valence-corrected chi connectivity index (χ2v) is 344. The summed E-state index contributed by atoms with van der Waals surface area (Å²) < 4.78 is 14.1. The number of methoxy groups -OCH3 is 2. The average molecular weight is 3250 g/mol. The molecule has 92 heteroatoms. The third kappa shape index (κ3) is 46.9. The molecule has 744 valence electrons. The van der Waals surface area contributed by atoms with E-state index in [9.17, 15) is 9.90 Å². The maximum atomic E-state index is 11.3. The zero-order valence-electron chi connectivity index (χ0n) is 70.4. The molecule has 133 heavy (non-hydrogen) atoms. The van der Waals surface area contributed by atoms with Crippen molar-refractivity contribution < 1.29 is 19.4 Å². The molecule has 0 aliphatic rings. The van der Waals surface area contributed by atoms with E-state index in [0.29, 0.717) is 23.0 Å². The van der Waals surface area contributed by atoms with Crippen molar-refractivity contribution in [2.24, 2.45) is 14.1 Å². The quantitative estimate of drug-likeness (QED) is 0.0281. The van der Waals surface area contributed by atoms with Crippen LogP contribution in [0.4, 0.5) is 5.69 Å². The highest BCUT2D eigenvalue weighted by Gasteiger charge is 2.58. The van der Waals surface area contributed by atoms with E-state index in [1.54, 1.807) is 49.6 Å². The fourth-order valence-electron chi connectivity index (χ4n) is 10.6. The van der Waals surface area contributed by atoms with Crippen molar-refractivity contribution in [2.45, 2.75) is 0 Å². The Labute approximate surface area is 930 Å². The van der Waals surface area contributed by atoms with Crippen LogP contribution in [0.1, 0.15) is 10.5 Å². The standard InChI is InChI=1S/C24H18N6O.C17H15N3O3.H42P40.H41P39/c1-25-18-10-11-19-20(13-18)28-24(27-19)22-23(31-3)21(29-30(22)2)16-8-6-15(7-9-16)17-5-4-12-26-14-17;1-20-15(17(21)22)16(23-2)14(19-20)12-7-5-11(6-8-12)13-4-3-9-18-10-13;1-22(2)32(21)37(31(19)20)40(38(33(23(3)4)24(5)6)34(25(7)8)26(9)10)39(35(27(11)12)28(13)14)36(29(15)16)30(17)18;1-21-31(20)36(30(18)19)39(37(32(22(2)3)23(4)5)33(24(6)7)25(8)9)38(34(26(10)11)27(12)13)35(28(14)15)29(16)17/h4-14H,2-3H3,(H,27,28);3-10H,1-2H3,(H,21,22);1-21H2;21H,1-20H2. The zero-order valence-corrected chi connectivity index (χ0v) is 152. The summed E-state index contributed by atoms with van der Waals surface area (Å²) in [6.45, 7) is 4.10. The normalized spacial score (nSPS) is 13.8. The summed E-state index contributed by atoms with van der Waals surface area (Å²) in [7, 11) is 146. The zero-order chi connectivity index (χ0) is 101. The Morgan fingerprint density at radius 1 is 0.368 bits per heavy atom. The van der Waals surface area contributed by atoms with Gasteiger partial charge in [-0.25, -0.2) is 14.6 Å². The fraction of sp³-hybridized carbons (Fsp3) is 0.0976. The maximum absolute atomic E-state index is 11.3. The van der Waals surface area contributed by atoms with E-state index in [4.69, 9.17) is 21.1 Å². The SMILES string of the molecule is COc1c(-c2ccc(-c3cccnc3)cc2)nn(C)c1C(=O)O.PP(P)P(P)P(P(P)P)P(P(P(P(P)P)P(P)P)P(P(P)P)P(P)P)P(P(P(P)P)P(P)P)P(P(P)P)P(P)P.PPP(P)P(P(P)P)P(P(P(P(P)P)P(P)P)P(P(P)P)P(P)P)P(P(P(P)P)P(P)P)P(P(P)P)P(P)P.[C-]#[N+]c1ccc2nc(-c3c(OC)c(-c4ccc(-c5cccnc5)cc4)nn3C)[nH]c2c1. The van der Waals surface area contributed by atoms with Crippen molar-refractivity contribution in [2.75, 3.05) is 14.2 Å². The molecular formula is C41H116N9O4P79. The van der Waals surface area contributed by atoms with Crippen molar-refractivity contribution in [1.29, 1.82) is 0 Å². The number of H-pyrrole nitrogens is 1. The van der Waals surface area contributed by atoms with Crippen LogP contribution in [-0.2, 0) is 14.1 Å². The first-order chi connectivity index (χ1) is 62.2. The van der Waals surface area contributed by atoms with E-state index >= 15 is 0 Å². The minimum Gasteiger partial charge on any atom is -0.492 e. The Morgan fingerprint density at radius 3 is 0.917 bits per heavy atom. The summed E-state index contributed by atoms with van der Waals surface area (Å²) in [6.07, 6.45) is 7.12. The minimum atomic E-state index is -1.07. The van der Waals surface area contributed by atoms with Gasteiger partial charge in [-0.05, 0) is 305 Å². The predicted octanol–water partition coefficient (Wildman–Crippen LogP) is 53.9. The van der Waals surface area contributed by atoms with Gasteiger partial charge in [-0.15, -0.1) is 366 Å². The van der Waals surface area contributed by atoms with E-state index in [1.807, 2.05) is 92.1 Å². The molecule has 0 aliphatic carbocycles. The molecule has 0 bridgehead atoms. The van der Waals surface area contributed by atoms with Gasteiger partial charge in [-0.2, -0.15) is 10.2 Å². The molecule has 8 aromatic rings. The lowest BCUT2D eigenvalue weighted by Gasteiger charge is -2.56. The van der Waals surface area contributed by atoms with Crippen molar-refractivity contribution in [3.63, 3.8) is 0 Å². The third-order valence-electron chi connectivity index (χ3n) is 15.4. The molecule has 46 atom stereocenters. The van der Waals surface area contributed by atoms with Crippen LogP contribution in [0, 0.1) is 6.57 Å². The summed E-state index contributed by atoms with van der Waals surface area (Å²) >= 11 is 0. The number of aromatic nitrogens is 8. The van der Waals surface area contributed by atoms with Crippen LogP contribution in [0.2, 0.25) is 0 Å². The van der Waals surface area contributed by atoms with Gasteiger partial charge in [0.2, 0.25) is 0 Å². The monoisotopic (exact) mass is 3250 g/mol. The minimum absolute atomic E-state index is 0.0190. The van der Waals surface area contributed by atoms with E-state index in [2.05, 4.69) is 396 Å². The summed E-state index contributed by atoms with van der Waals surface area (Å²) in [5, 5.41) is 18.3. The van der Waals surface area contributed by atoms with Crippen LogP contribution in [0.15, 0.2) is 116 Å². The number of imidazole rings is 1. The maximum Gasteiger partial charge on any atom is 0.358 e. The highest BCUT2D eigenvalue weighted by atomic mass is 33.6. The van der Waals surface area contributed by atoms with Crippen LogP contribution in [0.25, 0.3) is 72.2 Å². The molecule has 0 radical (unpaired) electrons. The van der Waals surface area contributed by atoms with E-state index in [-0.39, 0.29) is 270 Å². The highest BCUT2D eigenvalue weighted by Crippen LogP contribution is 3.45. The molecule has 3 aromatic carbocycles. The first kappa shape index (κ1) is 150. The number of aromatic carboxylic acids is 1. The molecule has 5 aromatic heterocycles. The summed E-state index contributed by atoms with van der Waals surface area (Å²) in [4.78, 5) is 31.1. The van der Waals surface area contributed by atoms with Gasteiger partial charge in [0.15, 0.2) is 28.7 Å². The number of carboxylic acid groups (broad SMARTS) is 1. The van der Waals surface area contributed by atoms with Crippen LogP contribution in [-0.4, -0.2) is 64.8 Å². The second-order valence-electron chi connectivity index (χ2n) is 24.4. The smallest absolute Gasteiger partial charge is 0.358 e. The molecule has 0 aliphatic heterocycles. The molecular weight excluding hydrogens is 3130 g/mol. The number of nitrogens with zero attached hydrogens (tertiary/aromatic N) is 8. The Morgan fingerprint density at radius 2 is 0.654 bits per heavy atom. The van der Waals surface area contributed by atoms with Gasteiger partial charge >= 0.3 is 5.97 Å².